The van der Waals surface area contributed by atoms with E-state index in [1.54, 1.807) is 0 Å². The molecule has 0 atom stereocenters. The van der Waals surface area contributed by atoms with Gasteiger partial charge in [0.1, 0.15) is 23.1 Å². The molecule has 0 aromatic heterocycles. The SMILES string of the molecule is NCCCC1C(=O)CC2(CC1=O)CC(=O)C(CCCN)C(=O)C2. The van der Waals surface area contributed by atoms with Crippen molar-refractivity contribution in [2.75, 3.05) is 13.1 Å². The highest BCUT2D eigenvalue weighted by atomic mass is 16.2. The Morgan fingerprint density at radius 3 is 1.26 bits per heavy atom. The van der Waals surface area contributed by atoms with E-state index in [9.17, 15) is 19.2 Å². The highest BCUT2D eigenvalue weighted by molar-refractivity contribution is 6.10. The monoisotopic (exact) mass is 322 g/mol. The van der Waals surface area contributed by atoms with Crippen molar-refractivity contribution in [3.8, 4) is 0 Å². The number of carbonyl (C=O) groups excluding carboxylic acids is 4. The Morgan fingerprint density at radius 2 is 1.00 bits per heavy atom. The molecule has 0 aliphatic heterocycles. The molecule has 0 unspecified atom stereocenters. The molecule has 2 fully saturated rings. The van der Waals surface area contributed by atoms with Gasteiger partial charge in [0.2, 0.25) is 0 Å². The molecular formula is C17H26N2O4. The Kier molecular flexibility index (Phi) is 5.81. The third-order valence-electron chi connectivity index (χ3n) is 5.15. The van der Waals surface area contributed by atoms with Crippen LogP contribution in [0, 0.1) is 17.3 Å². The van der Waals surface area contributed by atoms with E-state index < -0.39 is 17.3 Å². The third-order valence-corrected chi connectivity index (χ3v) is 5.15. The Hall–Kier alpha value is -1.40. The number of rotatable bonds is 6. The maximum absolute atomic E-state index is 12.4. The first-order valence-corrected chi connectivity index (χ1v) is 8.43. The summed E-state index contributed by atoms with van der Waals surface area (Å²) in [7, 11) is 0. The van der Waals surface area contributed by atoms with Gasteiger partial charge in [-0.15, -0.1) is 0 Å². The van der Waals surface area contributed by atoms with Crippen molar-refractivity contribution in [2.24, 2.45) is 28.7 Å². The van der Waals surface area contributed by atoms with Gasteiger partial charge >= 0.3 is 0 Å². The second-order valence-electron chi connectivity index (χ2n) is 7.04. The predicted octanol–water partition coefficient (Wildman–Crippen LogP) is 0.547. The maximum Gasteiger partial charge on any atom is 0.143 e. The summed E-state index contributed by atoms with van der Waals surface area (Å²) in [5, 5.41) is 0. The fraction of sp³-hybridized carbons (Fsp3) is 0.765. The van der Waals surface area contributed by atoms with Gasteiger partial charge in [0.25, 0.3) is 0 Å². The van der Waals surface area contributed by atoms with Crippen LogP contribution in [-0.4, -0.2) is 36.2 Å². The van der Waals surface area contributed by atoms with E-state index in [1.807, 2.05) is 0 Å². The topological polar surface area (TPSA) is 120 Å². The molecular weight excluding hydrogens is 296 g/mol. The Labute approximate surface area is 136 Å². The lowest BCUT2D eigenvalue weighted by Gasteiger charge is -2.41. The first-order valence-electron chi connectivity index (χ1n) is 8.43. The minimum atomic E-state index is -0.763. The van der Waals surface area contributed by atoms with E-state index in [0.29, 0.717) is 38.8 Å². The fourth-order valence-electron chi connectivity index (χ4n) is 3.99. The quantitative estimate of drug-likeness (QED) is 0.689. The zero-order valence-corrected chi connectivity index (χ0v) is 13.5. The minimum Gasteiger partial charge on any atom is -0.330 e. The van der Waals surface area contributed by atoms with Crippen LogP contribution < -0.4 is 11.5 Å². The number of Topliss-reactive ketones (excluding diaryl/α,β-unsaturated/α-hetero) is 4. The van der Waals surface area contributed by atoms with Crippen molar-refractivity contribution in [3.63, 3.8) is 0 Å². The van der Waals surface area contributed by atoms with Crippen molar-refractivity contribution in [1.82, 2.24) is 0 Å². The largest absolute Gasteiger partial charge is 0.330 e. The molecule has 1 spiro atoms. The van der Waals surface area contributed by atoms with Crippen LogP contribution in [0.4, 0.5) is 0 Å². The Bertz CT molecular complexity index is 429. The maximum atomic E-state index is 12.4. The van der Waals surface area contributed by atoms with Gasteiger partial charge in [0.05, 0.1) is 11.8 Å². The zero-order chi connectivity index (χ0) is 17.0. The zero-order valence-electron chi connectivity index (χ0n) is 13.5. The number of nitrogens with two attached hydrogens (primary N) is 2. The molecule has 2 saturated carbocycles. The molecule has 23 heavy (non-hydrogen) atoms. The fourth-order valence-corrected chi connectivity index (χ4v) is 3.99. The van der Waals surface area contributed by atoms with Crippen molar-refractivity contribution in [1.29, 1.82) is 0 Å². The molecule has 0 radical (unpaired) electrons. The minimum absolute atomic E-state index is 0.129. The molecule has 0 amide bonds. The molecule has 4 N–H and O–H groups in total. The molecule has 128 valence electrons. The van der Waals surface area contributed by atoms with Crippen LogP contribution in [0.2, 0.25) is 0 Å². The van der Waals surface area contributed by atoms with Crippen LogP contribution in [0.3, 0.4) is 0 Å². The smallest absolute Gasteiger partial charge is 0.143 e. The van der Waals surface area contributed by atoms with Gasteiger partial charge in [-0.3, -0.25) is 19.2 Å². The van der Waals surface area contributed by atoms with Gasteiger partial charge < -0.3 is 11.5 Å². The highest BCUT2D eigenvalue weighted by Gasteiger charge is 2.51. The lowest BCUT2D eigenvalue weighted by atomic mass is 9.59. The molecule has 2 aliphatic rings. The van der Waals surface area contributed by atoms with Crippen LogP contribution in [0.25, 0.3) is 0 Å². The summed E-state index contributed by atoms with van der Waals surface area (Å²) in [6.45, 7) is 0.893. The molecule has 0 bridgehead atoms. The van der Waals surface area contributed by atoms with Crippen LogP contribution in [0.15, 0.2) is 0 Å². The van der Waals surface area contributed by atoms with Crippen LogP contribution in [-0.2, 0) is 19.2 Å². The van der Waals surface area contributed by atoms with E-state index >= 15 is 0 Å². The molecule has 2 rings (SSSR count). The van der Waals surface area contributed by atoms with Crippen molar-refractivity contribution < 1.29 is 19.2 Å². The average molecular weight is 322 g/mol. The van der Waals surface area contributed by atoms with E-state index in [2.05, 4.69) is 0 Å². The molecule has 2 aliphatic carbocycles. The van der Waals surface area contributed by atoms with E-state index in [1.165, 1.54) is 0 Å². The number of hydrogen-bond donors (Lipinski definition) is 2. The van der Waals surface area contributed by atoms with Gasteiger partial charge in [-0.05, 0) is 44.2 Å². The predicted molar refractivity (Wildman–Crippen MR) is 84.5 cm³/mol. The van der Waals surface area contributed by atoms with Crippen molar-refractivity contribution >= 4 is 23.1 Å². The summed E-state index contributed by atoms with van der Waals surface area (Å²) in [6, 6.07) is 0. The summed E-state index contributed by atoms with van der Waals surface area (Å²) in [5.74, 6) is -1.70. The molecule has 6 nitrogen and oxygen atoms in total. The standard InChI is InChI=1S/C17H26N2O4/c18-5-1-3-11-13(20)7-17(8-14(11)21)9-15(22)12(4-2-6-19)16(23)10-17/h11-12H,1-10,18-19H2. The third kappa shape index (κ3) is 3.93. The van der Waals surface area contributed by atoms with E-state index in [0.717, 1.165) is 0 Å². The van der Waals surface area contributed by atoms with Crippen LogP contribution in [0.5, 0.6) is 0 Å². The summed E-state index contributed by atoms with van der Waals surface area (Å²) in [6.07, 6.45) is 2.87. The Balaban J connectivity index is 2.07. The molecule has 0 aromatic carbocycles. The van der Waals surface area contributed by atoms with Crippen molar-refractivity contribution in [2.45, 2.75) is 51.4 Å². The molecule has 0 saturated heterocycles. The summed E-state index contributed by atoms with van der Waals surface area (Å²) in [4.78, 5) is 49.4. The second kappa shape index (κ2) is 7.45. The van der Waals surface area contributed by atoms with Gasteiger partial charge in [0, 0.05) is 25.7 Å². The number of ketones is 4. The average Bonchev–Trinajstić information content (AvgIpc) is 2.45. The molecule has 0 heterocycles. The van der Waals surface area contributed by atoms with Crippen LogP contribution >= 0.6 is 0 Å². The van der Waals surface area contributed by atoms with E-state index in [4.69, 9.17) is 11.5 Å². The van der Waals surface area contributed by atoms with Gasteiger partial charge in [-0.1, -0.05) is 0 Å². The second-order valence-corrected chi connectivity index (χ2v) is 7.04. The Morgan fingerprint density at radius 1 is 0.696 bits per heavy atom. The first-order chi connectivity index (χ1) is 10.9. The van der Waals surface area contributed by atoms with Crippen LogP contribution in [0.1, 0.15) is 51.4 Å². The van der Waals surface area contributed by atoms with Gasteiger partial charge in [-0.2, -0.15) is 0 Å². The lowest BCUT2D eigenvalue weighted by molar-refractivity contribution is -0.148. The number of hydrogen-bond acceptors (Lipinski definition) is 6. The molecule has 6 heteroatoms. The lowest BCUT2D eigenvalue weighted by Crippen LogP contribution is -2.48. The summed E-state index contributed by atoms with van der Waals surface area (Å²) >= 11 is 0. The normalized spacial score (nSPS) is 31.9. The number of carbonyl (C=O) groups is 4. The van der Waals surface area contributed by atoms with Gasteiger partial charge in [-0.25, -0.2) is 0 Å². The molecule has 0 aromatic rings. The van der Waals surface area contributed by atoms with Gasteiger partial charge in [0.15, 0.2) is 0 Å². The van der Waals surface area contributed by atoms with Crippen molar-refractivity contribution in [3.05, 3.63) is 0 Å². The highest BCUT2D eigenvalue weighted by Crippen LogP contribution is 2.46. The summed E-state index contributed by atoms with van der Waals surface area (Å²) < 4.78 is 0. The van der Waals surface area contributed by atoms with E-state index in [-0.39, 0.29) is 48.8 Å². The first kappa shape index (κ1) is 17.9. The summed E-state index contributed by atoms with van der Waals surface area (Å²) in [5.41, 5.74) is 10.1.